The molecule has 1 aliphatic rings. The van der Waals surface area contributed by atoms with Crippen molar-refractivity contribution in [1.29, 1.82) is 0 Å². The quantitative estimate of drug-likeness (QED) is 0.465. The van der Waals surface area contributed by atoms with Gasteiger partial charge in [-0.15, -0.1) is 6.58 Å². The minimum absolute atomic E-state index is 0.563. The van der Waals surface area contributed by atoms with Crippen LogP contribution in [0.15, 0.2) is 36.1 Å². The Bertz CT molecular complexity index is 408. The van der Waals surface area contributed by atoms with E-state index in [1.165, 1.54) is 0 Å². The van der Waals surface area contributed by atoms with E-state index >= 15 is 0 Å². The number of aliphatic imine (C=N–C) groups is 1. The molecule has 0 spiro atoms. The summed E-state index contributed by atoms with van der Waals surface area (Å²) in [6.07, 6.45) is 5.25. The highest BCUT2D eigenvalue weighted by molar-refractivity contribution is 5.78. The van der Waals surface area contributed by atoms with Crippen molar-refractivity contribution in [2.45, 2.75) is 0 Å². The molecule has 96 valence electrons. The molecule has 0 bridgehead atoms. The van der Waals surface area contributed by atoms with E-state index in [1.807, 2.05) is 6.07 Å². The van der Waals surface area contributed by atoms with Crippen LogP contribution in [0.25, 0.3) is 0 Å². The molecule has 1 aliphatic heterocycles. The summed E-state index contributed by atoms with van der Waals surface area (Å²) in [5.74, 6) is 1.36. The zero-order chi connectivity index (χ0) is 12.8. The second kappa shape index (κ2) is 6.00. The standard InChI is InChI=1S/C12H18N6/c1-2-4-14-11(13)17-7-9-18(10-8-17)12-15-5-3-6-16-12/h2-3,5-6H,1,4,7-10H2,(H2,13,14). The van der Waals surface area contributed by atoms with Crippen molar-refractivity contribution in [1.82, 2.24) is 14.9 Å². The van der Waals surface area contributed by atoms with Crippen molar-refractivity contribution in [3.05, 3.63) is 31.1 Å². The molecule has 0 atom stereocenters. The summed E-state index contributed by atoms with van der Waals surface area (Å²) in [6.45, 7) is 7.57. The fourth-order valence-corrected chi connectivity index (χ4v) is 1.85. The molecule has 0 radical (unpaired) electrons. The lowest BCUT2D eigenvalue weighted by atomic mass is 10.3. The van der Waals surface area contributed by atoms with E-state index in [-0.39, 0.29) is 0 Å². The van der Waals surface area contributed by atoms with E-state index in [9.17, 15) is 0 Å². The van der Waals surface area contributed by atoms with Crippen LogP contribution in [-0.4, -0.2) is 53.6 Å². The van der Waals surface area contributed by atoms with E-state index < -0.39 is 0 Å². The number of hydrogen-bond donors (Lipinski definition) is 1. The van der Waals surface area contributed by atoms with Crippen molar-refractivity contribution in [3.63, 3.8) is 0 Å². The molecule has 0 saturated carbocycles. The molecule has 1 aromatic rings. The molecule has 2 N–H and O–H groups in total. The summed E-state index contributed by atoms with van der Waals surface area (Å²) < 4.78 is 0. The Labute approximate surface area is 107 Å². The van der Waals surface area contributed by atoms with E-state index in [4.69, 9.17) is 5.73 Å². The van der Waals surface area contributed by atoms with Crippen LogP contribution in [0.4, 0.5) is 5.95 Å². The fourth-order valence-electron chi connectivity index (χ4n) is 1.85. The summed E-state index contributed by atoms with van der Waals surface area (Å²) in [5, 5.41) is 0. The molecular weight excluding hydrogens is 228 g/mol. The van der Waals surface area contributed by atoms with Crippen molar-refractivity contribution >= 4 is 11.9 Å². The van der Waals surface area contributed by atoms with Crippen LogP contribution >= 0.6 is 0 Å². The van der Waals surface area contributed by atoms with Crippen molar-refractivity contribution in [2.75, 3.05) is 37.6 Å². The van der Waals surface area contributed by atoms with Crippen molar-refractivity contribution in [3.8, 4) is 0 Å². The second-order valence-corrected chi connectivity index (χ2v) is 4.01. The Morgan fingerprint density at radius 3 is 2.61 bits per heavy atom. The lowest BCUT2D eigenvalue weighted by molar-refractivity contribution is 0.378. The Balaban J connectivity index is 1.90. The average molecular weight is 246 g/mol. The summed E-state index contributed by atoms with van der Waals surface area (Å²) in [7, 11) is 0. The Morgan fingerprint density at radius 2 is 2.00 bits per heavy atom. The van der Waals surface area contributed by atoms with Gasteiger partial charge in [-0.2, -0.15) is 0 Å². The van der Waals surface area contributed by atoms with Crippen molar-refractivity contribution in [2.24, 2.45) is 10.7 Å². The number of guanidine groups is 1. The number of rotatable bonds is 3. The molecular formula is C12H18N6. The summed E-state index contributed by atoms with van der Waals surface area (Å²) in [5.41, 5.74) is 5.90. The fraction of sp³-hybridized carbons (Fsp3) is 0.417. The Kier molecular flexibility index (Phi) is 4.11. The van der Waals surface area contributed by atoms with E-state index in [0.29, 0.717) is 12.5 Å². The van der Waals surface area contributed by atoms with Gasteiger partial charge in [-0.25, -0.2) is 15.0 Å². The van der Waals surface area contributed by atoms with Crippen LogP contribution < -0.4 is 10.6 Å². The highest BCUT2D eigenvalue weighted by atomic mass is 15.3. The van der Waals surface area contributed by atoms with Crippen LogP contribution in [0.1, 0.15) is 0 Å². The number of nitrogens with two attached hydrogens (primary N) is 1. The first-order chi connectivity index (χ1) is 8.81. The summed E-state index contributed by atoms with van der Waals surface area (Å²) in [4.78, 5) is 16.9. The van der Waals surface area contributed by atoms with Gasteiger partial charge in [0.1, 0.15) is 0 Å². The molecule has 2 rings (SSSR count). The smallest absolute Gasteiger partial charge is 0.225 e. The number of piperazine rings is 1. The number of nitrogens with zero attached hydrogens (tertiary/aromatic N) is 5. The third kappa shape index (κ3) is 2.97. The van der Waals surface area contributed by atoms with Gasteiger partial charge in [0.15, 0.2) is 5.96 Å². The summed E-state index contributed by atoms with van der Waals surface area (Å²) >= 11 is 0. The largest absolute Gasteiger partial charge is 0.370 e. The molecule has 1 aromatic heterocycles. The molecule has 1 saturated heterocycles. The van der Waals surface area contributed by atoms with Gasteiger partial charge >= 0.3 is 0 Å². The molecule has 0 unspecified atom stereocenters. The normalized spacial score (nSPS) is 16.8. The maximum atomic E-state index is 5.90. The van der Waals surface area contributed by atoms with Crippen LogP contribution in [0.2, 0.25) is 0 Å². The lowest BCUT2D eigenvalue weighted by Gasteiger charge is -2.35. The highest BCUT2D eigenvalue weighted by Gasteiger charge is 2.19. The van der Waals surface area contributed by atoms with Gasteiger partial charge in [-0.3, -0.25) is 0 Å². The van der Waals surface area contributed by atoms with Crippen LogP contribution in [0.5, 0.6) is 0 Å². The average Bonchev–Trinajstić information content (AvgIpc) is 2.46. The Morgan fingerprint density at radius 1 is 1.33 bits per heavy atom. The van der Waals surface area contributed by atoms with E-state index in [1.54, 1.807) is 18.5 Å². The monoisotopic (exact) mass is 246 g/mol. The molecule has 2 heterocycles. The van der Waals surface area contributed by atoms with Crippen molar-refractivity contribution < 1.29 is 0 Å². The van der Waals surface area contributed by atoms with Gasteiger partial charge in [-0.1, -0.05) is 6.08 Å². The summed E-state index contributed by atoms with van der Waals surface area (Å²) in [6, 6.07) is 1.82. The molecule has 6 heteroatoms. The zero-order valence-electron chi connectivity index (χ0n) is 10.4. The van der Waals surface area contributed by atoms with Gasteiger partial charge < -0.3 is 15.5 Å². The minimum Gasteiger partial charge on any atom is -0.370 e. The maximum Gasteiger partial charge on any atom is 0.225 e. The molecule has 0 amide bonds. The van der Waals surface area contributed by atoms with E-state index in [2.05, 4.69) is 31.3 Å². The maximum absolute atomic E-state index is 5.90. The van der Waals surface area contributed by atoms with Crippen LogP contribution in [0.3, 0.4) is 0 Å². The third-order valence-corrected chi connectivity index (χ3v) is 2.82. The van der Waals surface area contributed by atoms with Gasteiger partial charge in [0.05, 0.1) is 6.54 Å². The second-order valence-electron chi connectivity index (χ2n) is 4.01. The SMILES string of the molecule is C=CCN=C(N)N1CCN(c2ncccn2)CC1. The first kappa shape index (κ1) is 12.3. The molecule has 0 aliphatic carbocycles. The minimum atomic E-state index is 0.563. The van der Waals surface area contributed by atoms with Gasteiger partial charge in [0.25, 0.3) is 0 Å². The molecule has 18 heavy (non-hydrogen) atoms. The number of hydrogen-bond acceptors (Lipinski definition) is 4. The topological polar surface area (TPSA) is 70.6 Å². The molecule has 1 fully saturated rings. The first-order valence-corrected chi connectivity index (χ1v) is 5.99. The number of anilines is 1. The van der Waals surface area contributed by atoms with Crippen LogP contribution in [0, 0.1) is 0 Å². The van der Waals surface area contributed by atoms with Gasteiger partial charge in [0, 0.05) is 38.6 Å². The van der Waals surface area contributed by atoms with Gasteiger partial charge in [0.2, 0.25) is 5.95 Å². The predicted molar refractivity (Wildman–Crippen MR) is 72.5 cm³/mol. The zero-order valence-corrected chi connectivity index (χ0v) is 10.4. The first-order valence-electron chi connectivity index (χ1n) is 5.99. The number of aromatic nitrogens is 2. The Hall–Kier alpha value is -2.11. The van der Waals surface area contributed by atoms with E-state index in [0.717, 1.165) is 32.1 Å². The van der Waals surface area contributed by atoms with Crippen LogP contribution in [-0.2, 0) is 0 Å². The molecule has 6 nitrogen and oxygen atoms in total. The predicted octanol–water partition coefficient (Wildman–Crippen LogP) is 0.0993. The lowest BCUT2D eigenvalue weighted by Crippen LogP contribution is -2.51. The highest BCUT2D eigenvalue weighted by Crippen LogP contribution is 2.09. The van der Waals surface area contributed by atoms with Gasteiger partial charge in [-0.05, 0) is 6.07 Å². The molecule has 0 aromatic carbocycles. The third-order valence-electron chi connectivity index (χ3n) is 2.82.